The van der Waals surface area contributed by atoms with Crippen LogP contribution in [0.15, 0.2) is 51.6 Å². The van der Waals surface area contributed by atoms with Crippen LogP contribution in [-0.2, 0) is 29.3 Å². The predicted octanol–water partition coefficient (Wildman–Crippen LogP) is 1.23. The number of aromatic nitrogens is 4. The molecule has 0 amide bonds. The van der Waals surface area contributed by atoms with Crippen LogP contribution in [0.25, 0.3) is 11.2 Å². The van der Waals surface area contributed by atoms with Gasteiger partial charge in [-0.05, 0) is 38.8 Å². The number of hydrogen-bond donors (Lipinski definition) is 2. The lowest BCUT2D eigenvalue weighted by molar-refractivity contribution is 0.495. The fourth-order valence-electron chi connectivity index (χ4n) is 4.35. The van der Waals surface area contributed by atoms with Gasteiger partial charge in [0.15, 0.2) is 21.0 Å². The van der Waals surface area contributed by atoms with Gasteiger partial charge in [-0.1, -0.05) is 29.8 Å². The van der Waals surface area contributed by atoms with Crippen LogP contribution in [0.3, 0.4) is 0 Å². The summed E-state index contributed by atoms with van der Waals surface area (Å²) in [6.07, 6.45) is 3.76. The van der Waals surface area contributed by atoms with E-state index in [1.807, 2.05) is 30.9 Å². The molecular formula is C24H33N7O4S. The number of piperidine rings is 1. The topological polar surface area (TPSA) is 137 Å². The highest BCUT2D eigenvalue weighted by atomic mass is 32.2. The summed E-state index contributed by atoms with van der Waals surface area (Å²) in [6.45, 7) is 5.58. The Kier molecular flexibility index (Phi) is 7.36. The first-order valence-corrected chi connectivity index (χ1v) is 13.7. The molecule has 3 N–H and O–H groups in total. The van der Waals surface area contributed by atoms with Gasteiger partial charge in [0.1, 0.15) is 11.8 Å². The first kappa shape index (κ1) is 25.7. The second-order valence-electron chi connectivity index (χ2n) is 9.46. The van der Waals surface area contributed by atoms with Crippen molar-refractivity contribution in [3.8, 4) is 0 Å². The number of sulfone groups is 1. The summed E-state index contributed by atoms with van der Waals surface area (Å²) in [6, 6.07) is 8.85. The minimum Gasteiger partial charge on any atom is -0.372 e. The molecule has 1 saturated heterocycles. The van der Waals surface area contributed by atoms with Crippen LogP contribution in [-0.4, -0.2) is 52.1 Å². The molecule has 4 rings (SSSR count). The first-order valence-electron chi connectivity index (χ1n) is 11.9. The van der Waals surface area contributed by atoms with Crippen LogP contribution >= 0.6 is 0 Å². The van der Waals surface area contributed by atoms with Crippen LogP contribution in [0, 0.1) is 0 Å². The highest BCUT2D eigenvalue weighted by molar-refractivity contribution is 7.90. The average Bonchev–Trinajstić information content (AvgIpc) is 3.23. The van der Waals surface area contributed by atoms with Crippen molar-refractivity contribution in [2.24, 2.45) is 12.8 Å². The molecule has 1 aliphatic rings. The quantitative estimate of drug-likeness (QED) is 0.428. The van der Waals surface area contributed by atoms with Crippen molar-refractivity contribution in [1.82, 2.24) is 18.7 Å². The van der Waals surface area contributed by atoms with E-state index in [1.54, 1.807) is 28.8 Å². The molecule has 1 fully saturated rings. The van der Waals surface area contributed by atoms with Gasteiger partial charge in [-0.2, -0.15) is 4.98 Å². The van der Waals surface area contributed by atoms with Crippen molar-refractivity contribution < 1.29 is 8.42 Å². The highest BCUT2D eigenvalue weighted by Gasteiger charge is 2.27. The monoisotopic (exact) mass is 515 g/mol. The summed E-state index contributed by atoms with van der Waals surface area (Å²) in [5, 5.41) is 2.84. The van der Waals surface area contributed by atoms with Gasteiger partial charge in [0, 0.05) is 38.4 Å². The molecule has 1 atom stereocenters. The second-order valence-corrected chi connectivity index (χ2v) is 11.5. The maximum atomic E-state index is 13.6. The molecule has 1 unspecified atom stereocenters. The fourth-order valence-corrected chi connectivity index (χ4v) is 5.44. The second kappa shape index (κ2) is 10.3. The van der Waals surface area contributed by atoms with Crippen LogP contribution in [0.4, 0.5) is 11.6 Å². The fraction of sp³-hybridized carbons (Fsp3) is 0.458. The van der Waals surface area contributed by atoms with Gasteiger partial charge < -0.3 is 20.5 Å². The zero-order chi connectivity index (χ0) is 26.0. The van der Waals surface area contributed by atoms with Crippen molar-refractivity contribution in [3.63, 3.8) is 0 Å². The van der Waals surface area contributed by atoms with Crippen LogP contribution in [0.1, 0.15) is 26.7 Å². The molecule has 3 heterocycles. The van der Waals surface area contributed by atoms with E-state index in [9.17, 15) is 18.0 Å². The van der Waals surface area contributed by atoms with E-state index < -0.39 is 32.8 Å². The Balaban J connectivity index is 1.79. The summed E-state index contributed by atoms with van der Waals surface area (Å²) >= 11 is 0. The van der Waals surface area contributed by atoms with Gasteiger partial charge in [-0.15, -0.1) is 0 Å². The van der Waals surface area contributed by atoms with E-state index in [4.69, 9.17) is 5.73 Å². The predicted molar refractivity (Wildman–Crippen MR) is 142 cm³/mol. The number of para-hydroxylation sites is 1. The SMILES string of the molecule is CC(C)=CCn1c(N2CCCC(N)C2)nc2c1c(=O)n(CS(=O)(=O)CNc1ccccc1)c(=O)n2C. The maximum Gasteiger partial charge on any atom is 0.333 e. The minimum atomic E-state index is -3.85. The number of allylic oxidation sites excluding steroid dienone is 2. The smallest absolute Gasteiger partial charge is 0.333 e. The van der Waals surface area contributed by atoms with Crippen molar-refractivity contribution in [2.75, 3.05) is 29.2 Å². The van der Waals surface area contributed by atoms with Crippen LogP contribution in [0.2, 0.25) is 0 Å². The number of aryl methyl sites for hydroxylation is 1. The summed E-state index contributed by atoms with van der Waals surface area (Å²) in [7, 11) is -2.35. The number of rotatable bonds is 8. The van der Waals surface area contributed by atoms with Gasteiger partial charge in [-0.3, -0.25) is 9.36 Å². The third-order valence-corrected chi connectivity index (χ3v) is 7.47. The molecule has 0 radical (unpaired) electrons. The first-order chi connectivity index (χ1) is 17.1. The zero-order valence-corrected chi connectivity index (χ0v) is 21.7. The number of nitrogens with one attached hydrogen (secondary N) is 1. The Hall–Kier alpha value is -3.38. The molecule has 0 bridgehead atoms. The minimum absolute atomic E-state index is 0.0156. The standard InChI is InChI=1S/C24H33N7O4S/c1-17(2)11-13-30-20-21(27-23(30)29-12-7-8-18(25)14-29)28(3)24(33)31(22(20)32)16-36(34,35)15-26-19-9-5-4-6-10-19/h4-6,9-11,18,26H,7-8,12-16,25H2,1-3H3. The number of anilines is 2. The number of hydrogen-bond acceptors (Lipinski definition) is 8. The van der Waals surface area contributed by atoms with Crippen molar-refractivity contribution in [2.45, 2.75) is 45.2 Å². The van der Waals surface area contributed by atoms with Crippen LogP contribution in [0.5, 0.6) is 0 Å². The summed E-state index contributed by atoms with van der Waals surface area (Å²) < 4.78 is 29.5. The van der Waals surface area contributed by atoms with E-state index in [-0.39, 0.29) is 17.2 Å². The van der Waals surface area contributed by atoms with E-state index >= 15 is 0 Å². The van der Waals surface area contributed by atoms with Gasteiger partial charge in [0.2, 0.25) is 5.95 Å². The normalized spacial score (nSPS) is 16.3. The number of nitrogens with two attached hydrogens (primary N) is 1. The van der Waals surface area contributed by atoms with E-state index in [0.29, 0.717) is 24.7 Å². The third-order valence-electron chi connectivity index (χ3n) is 6.23. The molecule has 0 spiro atoms. The molecular weight excluding hydrogens is 482 g/mol. The van der Waals surface area contributed by atoms with Gasteiger partial charge in [0.25, 0.3) is 5.56 Å². The molecule has 0 saturated carbocycles. The Morgan fingerprint density at radius 2 is 1.92 bits per heavy atom. The molecule has 1 aliphatic heterocycles. The van der Waals surface area contributed by atoms with E-state index in [0.717, 1.165) is 29.5 Å². The number of nitrogens with zero attached hydrogens (tertiary/aromatic N) is 5. The zero-order valence-electron chi connectivity index (χ0n) is 20.8. The summed E-state index contributed by atoms with van der Waals surface area (Å²) in [5.74, 6) is -0.610. The number of fused-ring (bicyclic) bond motifs is 1. The van der Waals surface area contributed by atoms with Crippen molar-refractivity contribution in [3.05, 3.63) is 62.8 Å². The van der Waals surface area contributed by atoms with E-state index in [2.05, 4.69) is 10.3 Å². The van der Waals surface area contributed by atoms with Crippen LogP contribution < -0.4 is 27.2 Å². The molecule has 36 heavy (non-hydrogen) atoms. The Labute approximate surface area is 209 Å². The third kappa shape index (κ3) is 5.39. The maximum absolute atomic E-state index is 13.6. The molecule has 1 aromatic carbocycles. The lowest BCUT2D eigenvalue weighted by atomic mass is 10.1. The Bertz CT molecular complexity index is 1500. The van der Waals surface area contributed by atoms with E-state index in [1.165, 1.54) is 11.6 Å². The lowest BCUT2D eigenvalue weighted by Gasteiger charge is -2.31. The average molecular weight is 516 g/mol. The molecule has 194 valence electrons. The summed E-state index contributed by atoms with van der Waals surface area (Å²) in [4.78, 5) is 33.4. The van der Waals surface area contributed by atoms with Gasteiger partial charge in [-0.25, -0.2) is 17.8 Å². The van der Waals surface area contributed by atoms with Gasteiger partial charge in [0.05, 0.1) is 0 Å². The molecule has 12 heteroatoms. The Morgan fingerprint density at radius 1 is 1.19 bits per heavy atom. The molecule has 11 nitrogen and oxygen atoms in total. The molecule has 3 aromatic rings. The largest absolute Gasteiger partial charge is 0.372 e. The Morgan fingerprint density at radius 3 is 2.58 bits per heavy atom. The molecule has 0 aliphatic carbocycles. The van der Waals surface area contributed by atoms with Crippen molar-refractivity contribution in [1.29, 1.82) is 0 Å². The lowest BCUT2D eigenvalue weighted by Crippen LogP contribution is -2.44. The highest BCUT2D eigenvalue weighted by Crippen LogP contribution is 2.23. The van der Waals surface area contributed by atoms with Gasteiger partial charge >= 0.3 is 5.69 Å². The number of imidazole rings is 1. The summed E-state index contributed by atoms with van der Waals surface area (Å²) in [5.41, 5.74) is 6.87. The molecule has 2 aromatic heterocycles. The number of benzene rings is 1. The van der Waals surface area contributed by atoms with Crippen molar-refractivity contribution >= 4 is 32.6 Å².